The summed E-state index contributed by atoms with van der Waals surface area (Å²) < 4.78 is 10.5. The summed E-state index contributed by atoms with van der Waals surface area (Å²) in [6.07, 6.45) is 0.0482. The number of nitrogens with one attached hydrogen (secondary N) is 1. The number of carbonyl (C=O) groups excluding carboxylic acids is 2. The summed E-state index contributed by atoms with van der Waals surface area (Å²) in [4.78, 5) is 36.5. The number of carbonyl (C=O) groups is 3. The lowest BCUT2D eigenvalue weighted by Gasteiger charge is -2.17. The molecule has 0 aromatic heterocycles. The van der Waals surface area contributed by atoms with Gasteiger partial charge in [-0.15, -0.1) is 0 Å². The highest BCUT2D eigenvalue weighted by Gasteiger charge is 2.36. The minimum absolute atomic E-state index is 0.0482. The van der Waals surface area contributed by atoms with E-state index in [4.69, 9.17) is 14.6 Å². The number of carboxylic acids is 1. The Morgan fingerprint density at radius 3 is 2.83 bits per heavy atom. The van der Waals surface area contributed by atoms with Crippen LogP contribution in [0.5, 0.6) is 11.5 Å². The van der Waals surface area contributed by atoms with Crippen molar-refractivity contribution in [3.05, 3.63) is 18.2 Å². The fourth-order valence-electron chi connectivity index (χ4n) is 2.58. The molecule has 122 valence electrons. The van der Waals surface area contributed by atoms with Crippen molar-refractivity contribution >= 4 is 23.5 Å². The number of amides is 2. The molecule has 0 bridgehead atoms. The van der Waals surface area contributed by atoms with Gasteiger partial charge >= 0.3 is 5.97 Å². The van der Waals surface area contributed by atoms with Crippen LogP contribution in [-0.4, -0.2) is 42.3 Å². The lowest BCUT2D eigenvalue weighted by Crippen LogP contribution is -2.42. The highest BCUT2D eigenvalue weighted by Crippen LogP contribution is 2.37. The molecule has 2 atom stereocenters. The molecule has 1 saturated heterocycles. The van der Waals surface area contributed by atoms with Crippen molar-refractivity contribution in [2.45, 2.75) is 19.4 Å². The third-order valence-corrected chi connectivity index (χ3v) is 3.89. The van der Waals surface area contributed by atoms with Gasteiger partial charge in [-0.05, 0) is 19.1 Å². The summed E-state index contributed by atoms with van der Waals surface area (Å²) in [7, 11) is 0. The van der Waals surface area contributed by atoms with Gasteiger partial charge in [0.05, 0.1) is 5.92 Å². The molecule has 1 aromatic carbocycles. The maximum Gasteiger partial charge on any atom is 0.325 e. The highest BCUT2D eigenvalue weighted by atomic mass is 16.7. The first-order valence-corrected chi connectivity index (χ1v) is 7.19. The number of hydrogen-bond acceptors (Lipinski definition) is 5. The fraction of sp³-hybridized carbons (Fsp3) is 0.400. The van der Waals surface area contributed by atoms with E-state index >= 15 is 0 Å². The molecule has 23 heavy (non-hydrogen) atoms. The van der Waals surface area contributed by atoms with Gasteiger partial charge in [0.15, 0.2) is 11.5 Å². The molecule has 8 heteroatoms. The van der Waals surface area contributed by atoms with Crippen LogP contribution in [0.4, 0.5) is 5.69 Å². The Balaban J connectivity index is 1.70. The Morgan fingerprint density at radius 1 is 1.35 bits per heavy atom. The van der Waals surface area contributed by atoms with Crippen LogP contribution < -0.4 is 19.7 Å². The zero-order valence-corrected chi connectivity index (χ0v) is 12.4. The van der Waals surface area contributed by atoms with Crippen LogP contribution in [0.1, 0.15) is 13.3 Å². The summed E-state index contributed by atoms with van der Waals surface area (Å²) >= 11 is 0. The molecule has 0 radical (unpaired) electrons. The van der Waals surface area contributed by atoms with E-state index in [1.807, 2.05) is 0 Å². The van der Waals surface area contributed by atoms with Gasteiger partial charge in [-0.25, -0.2) is 0 Å². The van der Waals surface area contributed by atoms with Crippen LogP contribution in [0.15, 0.2) is 18.2 Å². The van der Waals surface area contributed by atoms with Crippen molar-refractivity contribution in [1.29, 1.82) is 0 Å². The number of ether oxygens (including phenoxy) is 2. The van der Waals surface area contributed by atoms with Gasteiger partial charge in [0.1, 0.15) is 6.04 Å². The quantitative estimate of drug-likeness (QED) is 0.830. The summed E-state index contributed by atoms with van der Waals surface area (Å²) in [6.45, 7) is 1.73. The molecule has 2 aliphatic heterocycles. The molecule has 0 spiro atoms. The van der Waals surface area contributed by atoms with Crippen molar-refractivity contribution in [3.63, 3.8) is 0 Å². The van der Waals surface area contributed by atoms with Gasteiger partial charge in [0, 0.05) is 24.7 Å². The lowest BCUT2D eigenvalue weighted by molar-refractivity contribution is -0.141. The second-order valence-corrected chi connectivity index (χ2v) is 5.51. The SMILES string of the molecule is C[C@H](NC(=O)C1CC(=O)N(c2ccc3c(c2)OCO3)C1)C(=O)O. The molecular formula is C15H16N2O6. The van der Waals surface area contributed by atoms with Gasteiger partial charge in [-0.3, -0.25) is 14.4 Å². The Morgan fingerprint density at radius 2 is 2.09 bits per heavy atom. The van der Waals surface area contributed by atoms with Crippen LogP contribution in [0, 0.1) is 5.92 Å². The van der Waals surface area contributed by atoms with E-state index < -0.39 is 23.8 Å². The molecule has 1 fully saturated rings. The number of aliphatic carboxylic acids is 1. The van der Waals surface area contributed by atoms with E-state index in [9.17, 15) is 14.4 Å². The van der Waals surface area contributed by atoms with Gasteiger partial charge in [-0.1, -0.05) is 0 Å². The normalized spacial score (nSPS) is 20.5. The van der Waals surface area contributed by atoms with Crippen LogP contribution in [0.2, 0.25) is 0 Å². The van der Waals surface area contributed by atoms with Crippen molar-refractivity contribution in [2.75, 3.05) is 18.2 Å². The first kappa shape index (κ1) is 15.1. The average molecular weight is 320 g/mol. The van der Waals surface area contributed by atoms with Crippen LogP contribution in [0.3, 0.4) is 0 Å². The number of fused-ring (bicyclic) bond motifs is 1. The van der Waals surface area contributed by atoms with Gasteiger partial charge in [0.2, 0.25) is 18.6 Å². The van der Waals surface area contributed by atoms with E-state index in [1.165, 1.54) is 11.8 Å². The van der Waals surface area contributed by atoms with E-state index in [-0.39, 0.29) is 25.7 Å². The monoisotopic (exact) mass is 320 g/mol. The molecule has 2 aliphatic rings. The summed E-state index contributed by atoms with van der Waals surface area (Å²) in [5, 5.41) is 11.2. The minimum Gasteiger partial charge on any atom is -0.480 e. The second kappa shape index (κ2) is 5.79. The number of rotatable bonds is 4. The summed E-state index contributed by atoms with van der Waals surface area (Å²) in [6, 6.07) is 4.15. The van der Waals surface area contributed by atoms with Crippen LogP contribution in [0.25, 0.3) is 0 Å². The number of carboxylic acid groups (broad SMARTS) is 1. The topological polar surface area (TPSA) is 105 Å². The molecule has 0 aliphatic carbocycles. The molecule has 8 nitrogen and oxygen atoms in total. The zero-order valence-electron chi connectivity index (χ0n) is 12.4. The average Bonchev–Trinajstić information content (AvgIpc) is 3.12. The molecule has 1 unspecified atom stereocenters. The Bertz CT molecular complexity index is 674. The maximum atomic E-state index is 12.2. The molecule has 2 amide bonds. The third-order valence-electron chi connectivity index (χ3n) is 3.89. The molecular weight excluding hydrogens is 304 g/mol. The Kier molecular flexibility index (Phi) is 3.81. The van der Waals surface area contributed by atoms with Crippen molar-refractivity contribution in [2.24, 2.45) is 5.92 Å². The molecule has 3 rings (SSSR count). The largest absolute Gasteiger partial charge is 0.480 e. The van der Waals surface area contributed by atoms with E-state index in [1.54, 1.807) is 18.2 Å². The van der Waals surface area contributed by atoms with Crippen LogP contribution in [-0.2, 0) is 14.4 Å². The van der Waals surface area contributed by atoms with E-state index in [2.05, 4.69) is 5.32 Å². The van der Waals surface area contributed by atoms with Gasteiger partial charge < -0.3 is 24.8 Å². The fourth-order valence-corrected chi connectivity index (χ4v) is 2.58. The van der Waals surface area contributed by atoms with E-state index in [0.29, 0.717) is 17.2 Å². The lowest BCUT2D eigenvalue weighted by atomic mass is 10.1. The first-order valence-electron chi connectivity index (χ1n) is 7.19. The number of nitrogens with zero attached hydrogens (tertiary/aromatic N) is 1. The first-order chi connectivity index (χ1) is 11.0. The molecule has 0 saturated carbocycles. The third kappa shape index (κ3) is 2.92. The number of anilines is 1. The van der Waals surface area contributed by atoms with Crippen molar-refractivity contribution in [3.8, 4) is 11.5 Å². The Labute approximate surface area is 132 Å². The van der Waals surface area contributed by atoms with Crippen LogP contribution >= 0.6 is 0 Å². The second-order valence-electron chi connectivity index (χ2n) is 5.51. The van der Waals surface area contributed by atoms with Crippen molar-refractivity contribution < 1.29 is 29.0 Å². The maximum absolute atomic E-state index is 12.2. The van der Waals surface area contributed by atoms with E-state index in [0.717, 1.165) is 0 Å². The van der Waals surface area contributed by atoms with Gasteiger partial charge in [-0.2, -0.15) is 0 Å². The molecule has 2 N–H and O–H groups in total. The number of hydrogen-bond donors (Lipinski definition) is 2. The zero-order chi connectivity index (χ0) is 16.6. The molecule has 2 heterocycles. The predicted molar refractivity (Wildman–Crippen MR) is 78.3 cm³/mol. The van der Waals surface area contributed by atoms with Gasteiger partial charge in [0.25, 0.3) is 0 Å². The molecule has 1 aromatic rings. The summed E-state index contributed by atoms with van der Waals surface area (Å²) in [5.41, 5.74) is 0.626. The number of benzene rings is 1. The van der Waals surface area contributed by atoms with Crippen molar-refractivity contribution in [1.82, 2.24) is 5.32 Å². The predicted octanol–water partition coefficient (Wildman–Crippen LogP) is 0.357. The smallest absolute Gasteiger partial charge is 0.325 e. The standard InChI is InChI=1S/C15H16N2O6/c1-8(15(20)21)16-14(19)9-4-13(18)17(6-9)10-2-3-11-12(5-10)23-7-22-11/h2-3,5,8-9H,4,6-7H2,1H3,(H,16,19)(H,20,21)/t8-,9?/m0/s1. The Hall–Kier alpha value is -2.77. The highest BCUT2D eigenvalue weighted by molar-refractivity contribution is 6.01. The minimum atomic E-state index is -1.12. The summed E-state index contributed by atoms with van der Waals surface area (Å²) in [5.74, 6) is -1.14.